The van der Waals surface area contributed by atoms with E-state index in [-0.39, 0.29) is 29.7 Å². The van der Waals surface area contributed by atoms with Gasteiger partial charge in [0, 0.05) is 51.4 Å². The molecule has 1 atom stereocenters. The first-order chi connectivity index (χ1) is 16.3. The molecule has 1 fully saturated rings. The molecule has 0 spiro atoms. The van der Waals surface area contributed by atoms with Crippen LogP contribution in [0, 0.1) is 5.92 Å². The number of hydrogen-bond acceptors (Lipinski definition) is 5. The van der Waals surface area contributed by atoms with Gasteiger partial charge in [0.2, 0.25) is 21.8 Å². The predicted molar refractivity (Wildman–Crippen MR) is 133 cm³/mol. The molecule has 0 bridgehead atoms. The van der Waals surface area contributed by atoms with Crippen LogP contribution in [0.5, 0.6) is 0 Å². The molecule has 2 aromatic rings. The van der Waals surface area contributed by atoms with E-state index in [9.17, 15) is 18.0 Å². The quantitative estimate of drug-likeness (QED) is 0.527. The van der Waals surface area contributed by atoms with Gasteiger partial charge in [0.15, 0.2) is 0 Å². The summed E-state index contributed by atoms with van der Waals surface area (Å²) in [6.07, 6.45) is 0.144. The molecule has 9 heteroatoms. The highest BCUT2D eigenvalue weighted by molar-refractivity contribution is 7.89. The van der Waals surface area contributed by atoms with Gasteiger partial charge in [-0.25, -0.2) is 8.42 Å². The summed E-state index contributed by atoms with van der Waals surface area (Å²) in [6, 6.07) is 16.4. The Hall–Kier alpha value is -2.75. The third-order valence-corrected chi connectivity index (χ3v) is 8.14. The van der Waals surface area contributed by atoms with Crippen LogP contribution in [0.25, 0.3) is 0 Å². The van der Waals surface area contributed by atoms with Gasteiger partial charge in [0.25, 0.3) is 0 Å². The number of benzene rings is 2. The molecule has 8 nitrogen and oxygen atoms in total. The topological polar surface area (TPSA) is 90.0 Å². The molecule has 1 N–H and O–H groups in total. The van der Waals surface area contributed by atoms with Crippen LogP contribution in [0.1, 0.15) is 25.8 Å². The molecule has 1 saturated heterocycles. The molecule has 0 saturated carbocycles. The van der Waals surface area contributed by atoms with Crippen molar-refractivity contribution in [2.24, 2.45) is 5.92 Å². The van der Waals surface area contributed by atoms with Gasteiger partial charge in [0.1, 0.15) is 0 Å². The number of hydrogen-bond donors (Lipinski definition) is 1. The van der Waals surface area contributed by atoms with Crippen LogP contribution in [0.3, 0.4) is 0 Å². The van der Waals surface area contributed by atoms with Crippen molar-refractivity contribution in [3.8, 4) is 0 Å². The van der Waals surface area contributed by atoms with Gasteiger partial charge in [-0.2, -0.15) is 4.31 Å². The molecule has 0 aromatic heterocycles. The molecule has 34 heavy (non-hydrogen) atoms. The lowest BCUT2D eigenvalue weighted by Crippen LogP contribution is -2.37. The van der Waals surface area contributed by atoms with E-state index in [1.54, 1.807) is 30.9 Å². The van der Waals surface area contributed by atoms with E-state index in [4.69, 9.17) is 0 Å². The average Bonchev–Trinajstić information content (AvgIpc) is 3.22. The Labute approximate surface area is 202 Å². The Balaban J connectivity index is 1.52. The maximum absolute atomic E-state index is 12.7. The highest BCUT2D eigenvalue weighted by atomic mass is 32.2. The van der Waals surface area contributed by atoms with E-state index in [2.05, 4.69) is 22.3 Å². The van der Waals surface area contributed by atoms with Crippen LogP contribution in [-0.4, -0.2) is 69.2 Å². The van der Waals surface area contributed by atoms with E-state index < -0.39 is 15.9 Å². The van der Waals surface area contributed by atoms with E-state index in [1.807, 2.05) is 25.2 Å². The Morgan fingerprint density at radius 2 is 1.71 bits per heavy atom. The van der Waals surface area contributed by atoms with E-state index in [1.165, 1.54) is 22.0 Å². The highest BCUT2D eigenvalue weighted by Gasteiger charge is 2.35. The SMILES string of the molecule is CCN(CC)S(=O)(=O)c1ccc(N2CC(C(=O)NCCN(C)Cc3ccccc3)CC2=O)cc1. The van der Waals surface area contributed by atoms with Crippen molar-refractivity contribution in [1.29, 1.82) is 0 Å². The van der Waals surface area contributed by atoms with Crippen LogP contribution in [0.2, 0.25) is 0 Å². The standard InChI is InChI=1S/C25H34N4O4S/c1-4-28(5-2)34(32,33)23-13-11-22(12-14-23)29-19-21(17-24(29)30)25(31)26-15-16-27(3)18-20-9-7-6-8-10-20/h6-14,21H,4-5,15-19H2,1-3H3,(H,26,31). The van der Waals surface area contributed by atoms with E-state index >= 15 is 0 Å². The van der Waals surface area contributed by atoms with Gasteiger partial charge in [-0.05, 0) is 36.9 Å². The van der Waals surface area contributed by atoms with Crippen LogP contribution < -0.4 is 10.2 Å². The zero-order chi connectivity index (χ0) is 24.7. The highest BCUT2D eigenvalue weighted by Crippen LogP contribution is 2.27. The van der Waals surface area contributed by atoms with Gasteiger partial charge < -0.3 is 15.1 Å². The molecule has 0 aliphatic carbocycles. The number of nitrogens with zero attached hydrogens (tertiary/aromatic N) is 3. The van der Waals surface area contributed by atoms with Crippen LogP contribution in [-0.2, 0) is 26.2 Å². The second kappa shape index (κ2) is 11.6. The Bertz CT molecular complexity index is 1070. The van der Waals surface area contributed by atoms with Crippen molar-refractivity contribution in [3.63, 3.8) is 0 Å². The minimum atomic E-state index is -3.55. The summed E-state index contributed by atoms with van der Waals surface area (Å²) in [5, 5.41) is 2.94. The number of likely N-dealkylation sites (N-methyl/N-ethyl adjacent to an activating group) is 1. The van der Waals surface area contributed by atoms with Crippen molar-refractivity contribution in [1.82, 2.24) is 14.5 Å². The minimum absolute atomic E-state index is 0.135. The first kappa shape index (κ1) is 25.9. The lowest BCUT2D eigenvalue weighted by Gasteiger charge is -2.20. The summed E-state index contributed by atoms with van der Waals surface area (Å²) in [7, 11) is -1.55. The summed E-state index contributed by atoms with van der Waals surface area (Å²) in [5.74, 6) is -0.698. The number of carbonyl (C=O) groups is 2. The van der Waals surface area contributed by atoms with Crippen molar-refractivity contribution in [2.75, 3.05) is 44.7 Å². The number of carbonyl (C=O) groups excluding carboxylic acids is 2. The van der Waals surface area contributed by atoms with E-state index in [0.717, 1.165) is 6.54 Å². The Morgan fingerprint density at radius 1 is 1.06 bits per heavy atom. The van der Waals surface area contributed by atoms with Crippen molar-refractivity contribution in [2.45, 2.75) is 31.7 Å². The smallest absolute Gasteiger partial charge is 0.243 e. The predicted octanol–water partition coefficient (Wildman–Crippen LogP) is 2.32. The summed E-state index contributed by atoms with van der Waals surface area (Å²) in [6.45, 7) is 6.67. The molecule has 1 aliphatic heterocycles. The lowest BCUT2D eigenvalue weighted by molar-refractivity contribution is -0.126. The van der Waals surface area contributed by atoms with Gasteiger partial charge >= 0.3 is 0 Å². The maximum Gasteiger partial charge on any atom is 0.243 e. The molecular weight excluding hydrogens is 452 g/mol. The zero-order valence-corrected chi connectivity index (χ0v) is 20.9. The number of sulfonamides is 1. The summed E-state index contributed by atoms with van der Waals surface area (Å²) < 4.78 is 26.7. The first-order valence-electron chi connectivity index (χ1n) is 11.7. The fourth-order valence-electron chi connectivity index (χ4n) is 4.13. The summed E-state index contributed by atoms with van der Waals surface area (Å²) in [5.41, 5.74) is 1.81. The maximum atomic E-state index is 12.7. The fourth-order valence-corrected chi connectivity index (χ4v) is 5.59. The molecule has 1 unspecified atom stereocenters. The third kappa shape index (κ3) is 6.22. The van der Waals surface area contributed by atoms with Crippen LogP contribution >= 0.6 is 0 Å². The van der Waals surface area contributed by atoms with Crippen molar-refractivity contribution in [3.05, 3.63) is 60.2 Å². The molecule has 184 valence electrons. The molecule has 1 heterocycles. The first-order valence-corrected chi connectivity index (χ1v) is 13.1. The van der Waals surface area contributed by atoms with Crippen LogP contribution in [0.15, 0.2) is 59.5 Å². The molecule has 0 radical (unpaired) electrons. The number of nitrogens with one attached hydrogen (secondary N) is 1. The Morgan fingerprint density at radius 3 is 2.32 bits per heavy atom. The Kier molecular flexibility index (Phi) is 8.82. The number of anilines is 1. The fraction of sp³-hybridized carbons (Fsp3) is 0.440. The normalized spacial score (nSPS) is 16.4. The van der Waals surface area contributed by atoms with Gasteiger partial charge in [-0.15, -0.1) is 0 Å². The number of amides is 2. The summed E-state index contributed by atoms with van der Waals surface area (Å²) in [4.78, 5) is 29.1. The van der Waals surface area contributed by atoms with Crippen molar-refractivity contribution >= 4 is 27.5 Å². The van der Waals surface area contributed by atoms with Gasteiger partial charge in [0.05, 0.1) is 10.8 Å². The second-order valence-corrected chi connectivity index (χ2v) is 10.4. The largest absolute Gasteiger partial charge is 0.355 e. The second-order valence-electron chi connectivity index (χ2n) is 8.50. The van der Waals surface area contributed by atoms with Gasteiger partial charge in [-0.3, -0.25) is 9.59 Å². The van der Waals surface area contributed by atoms with Crippen LogP contribution in [0.4, 0.5) is 5.69 Å². The third-order valence-electron chi connectivity index (χ3n) is 6.08. The molecule has 3 rings (SSSR count). The molecule has 2 aromatic carbocycles. The molecule has 2 amide bonds. The average molecular weight is 487 g/mol. The number of rotatable bonds is 11. The zero-order valence-electron chi connectivity index (χ0n) is 20.1. The molecular formula is C25H34N4O4S. The lowest BCUT2D eigenvalue weighted by atomic mass is 10.1. The van der Waals surface area contributed by atoms with Gasteiger partial charge in [-0.1, -0.05) is 44.2 Å². The summed E-state index contributed by atoms with van der Waals surface area (Å²) >= 11 is 0. The monoisotopic (exact) mass is 486 g/mol. The molecule has 1 aliphatic rings. The van der Waals surface area contributed by atoms with E-state index in [0.29, 0.717) is 31.9 Å². The van der Waals surface area contributed by atoms with Crippen molar-refractivity contribution < 1.29 is 18.0 Å². The minimum Gasteiger partial charge on any atom is -0.355 e.